The van der Waals surface area contributed by atoms with Crippen molar-refractivity contribution in [3.05, 3.63) is 71.1 Å². The van der Waals surface area contributed by atoms with Crippen molar-refractivity contribution in [1.82, 2.24) is 15.1 Å². The lowest BCUT2D eigenvalue weighted by Gasteiger charge is -2.27. The maximum absolute atomic E-state index is 13.6. The molecule has 3 aromatic rings. The fourth-order valence-electron chi connectivity index (χ4n) is 5.04. The molecular weight excluding hydrogens is 451 g/mol. The fraction of sp³-hybridized carbons (Fsp3) is 0.333. The number of halogens is 3. The standard InChI is InChI=1S/C24H18F3N3O4/c25-24(26,27)20-29-28-18(33-20)14-5-7-15(8-6-14)22(9-10-22)21(32)30-12-11-23(13-30)17-4-2-1-3-16(17)19(31)34-23/h1-8H,9-13H2/t23-/m0/s1. The molecule has 6 rings (SSSR count). The molecule has 2 fully saturated rings. The largest absolute Gasteiger partial charge is 0.470 e. The number of esters is 1. The number of aromatic nitrogens is 2. The first-order valence-corrected chi connectivity index (χ1v) is 10.9. The van der Waals surface area contributed by atoms with Crippen LogP contribution in [0.25, 0.3) is 11.5 Å². The minimum absolute atomic E-state index is 0.0327. The van der Waals surface area contributed by atoms with Gasteiger partial charge in [0, 0.05) is 24.1 Å². The second-order valence-electron chi connectivity index (χ2n) is 8.98. The van der Waals surface area contributed by atoms with Crippen LogP contribution in [0.3, 0.4) is 0 Å². The van der Waals surface area contributed by atoms with Crippen molar-refractivity contribution in [3.8, 4) is 11.5 Å². The van der Waals surface area contributed by atoms with Gasteiger partial charge in [-0.25, -0.2) is 4.79 Å². The van der Waals surface area contributed by atoms with E-state index < -0.39 is 23.1 Å². The number of amides is 1. The van der Waals surface area contributed by atoms with E-state index in [-0.39, 0.29) is 17.8 Å². The van der Waals surface area contributed by atoms with Crippen molar-refractivity contribution in [1.29, 1.82) is 0 Å². The summed E-state index contributed by atoms with van der Waals surface area (Å²) in [6.07, 6.45) is -2.83. The van der Waals surface area contributed by atoms with E-state index in [0.29, 0.717) is 43.5 Å². The van der Waals surface area contributed by atoms with Crippen molar-refractivity contribution in [2.75, 3.05) is 13.1 Å². The highest BCUT2D eigenvalue weighted by atomic mass is 19.4. The molecule has 2 aromatic carbocycles. The van der Waals surface area contributed by atoms with Gasteiger partial charge < -0.3 is 14.1 Å². The third-order valence-corrected chi connectivity index (χ3v) is 6.96. The first kappa shape index (κ1) is 20.9. The fourth-order valence-corrected chi connectivity index (χ4v) is 5.04. The highest BCUT2D eigenvalue weighted by Gasteiger charge is 2.57. The van der Waals surface area contributed by atoms with E-state index in [2.05, 4.69) is 10.2 Å². The van der Waals surface area contributed by atoms with Crippen LogP contribution in [-0.2, 0) is 26.7 Å². The number of rotatable bonds is 3. The summed E-state index contributed by atoms with van der Waals surface area (Å²) in [5.41, 5.74) is 0.993. The van der Waals surface area contributed by atoms with Gasteiger partial charge >= 0.3 is 18.0 Å². The number of likely N-dealkylation sites (tertiary alicyclic amines) is 1. The number of benzene rings is 2. The van der Waals surface area contributed by atoms with Gasteiger partial charge in [0.15, 0.2) is 5.60 Å². The van der Waals surface area contributed by atoms with Gasteiger partial charge in [-0.05, 0) is 36.6 Å². The lowest BCUT2D eigenvalue weighted by molar-refractivity contribution is -0.157. The second kappa shape index (κ2) is 6.91. The van der Waals surface area contributed by atoms with Gasteiger partial charge in [-0.1, -0.05) is 30.3 Å². The van der Waals surface area contributed by atoms with Crippen molar-refractivity contribution < 1.29 is 31.9 Å². The average Bonchev–Trinajstić information content (AvgIpc) is 3.17. The molecule has 1 aliphatic carbocycles. The molecule has 174 valence electrons. The summed E-state index contributed by atoms with van der Waals surface area (Å²) in [4.78, 5) is 27.6. The minimum Gasteiger partial charge on any atom is -0.449 e. The third kappa shape index (κ3) is 3.04. The number of fused-ring (bicyclic) bond motifs is 2. The van der Waals surface area contributed by atoms with Crippen LogP contribution in [0.1, 0.15) is 46.6 Å². The Morgan fingerprint density at radius 1 is 1.00 bits per heavy atom. The number of carbonyl (C=O) groups excluding carboxylic acids is 2. The first-order chi connectivity index (χ1) is 16.2. The molecule has 1 atom stereocenters. The van der Waals surface area contributed by atoms with Gasteiger partial charge in [0.05, 0.1) is 17.5 Å². The van der Waals surface area contributed by atoms with E-state index in [1.165, 1.54) is 0 Å². The smallest absolute Gasteiger partial charge is 0.449 e. The Bertz CT molecular complexity index is 1310. The number of hydrogen-bond acceptors (Lipinski definition) is 6. The molecule has 0 bridgehead atoms. The summed E-state index contributed by atoms with van der Waals surface area (Å²) < 4.78 is 48.7. The summed E-state index contributed by atoms with van der Waals surface area (Å²) in [7, 11) is 0. The van der Waals surface area contributed by atoms with Crippen LogP contribution in [0.4, 0.5) is 13.2 Å². The van der Waals surface area contributed by atoms with Gasteiger partial charge in [0.1, 0.15) is 0 Å². The molecule has 0 N–H and O–H groups in total. The highest BCUT2D eigenvalue weighted by molar-refractivity contribution is 5.96. The maximum atomic E-state index is 13.6. The lowest BCUT2D eigenvalue weighted by Crippen LogP contribution is -2.40. The quantitative estimate of drug-likeness (QED) is 0.538. The Labute approximate surface area is 191 Å². The van der Waals surface area contributed by atoms with E-state index in [1.807, 2.05) is 12.1 Å². The maximum Gasteiger partial charge on any atom is 0.470 e. The molecule has 2 aliphatic heterocycles. The first-order valence-electron chi connectivity index (χ1n) is 10.9. The molecule has 0 unspecified atom stereocenters. The Morgan fingerprint density at radius 3 is 2.41 bits per heavy atom. The van der Waals surface area contributed by atoms with Crippen LogP contribution in [0.15, 0.2) is 52.9 Å². The topological polar surface area (TPSA) is 85.5 Å². The minimum atomic E-state index is -4.71. The van der Waals surface area contributed by atoms with Crippen LogP contribution >= 0.6 is 0 Å². The van der Waals surface area contributed by atoms with Crippen LogP contribution in [0, 0.1) is 0 Å². The Balaban J connectivity index is 1.22. The summed E-state index contributed by atoms with van der Waals surface area (Å²) in [5.74, 6) is -2.04. The predicted octanol–water partition coefficient (Wildman–Crippen LogP) is 4.09. The summed E-state index contributed by atoms with van der Waals surface area (Å²) in [5, 5.41) is 6.52. The Kier molecular flexibility index (Phi) is 4.24. The molecule has 34 heavy (non-hydrogen) atoms. The molecule has 1 saturated heterocycles. The molecule has 1 spiro atoms. The zero-order chi connectivity index (χ0) is 23.7. The summed E-state index contributed by atoms with van der Waals surface area (Å²) in [6.45, 7) is 0.777. The number of ether oxygens (including phenoxy) is 1. The van der Waals surface area contributed by atoms with Crippen LogP contribution in [0.2, 0.25) is 0 Å². The van der Waals surface area contributed by atoms with E-state index in [9.17, 15) is 22.8 Å². The molecular formula is C24H18F3N3O4. The molecule has 7 nitrogen and oxygen atoms in total. The number of hydrogen-bond donors (Lipinski definition) is 0. The van der Waals surface area contributed by atoms with Crippen molar-refractivity contribution in [2.45, 2.75) is 36.5 Å². The van der Waals surface area contributed by atoms with Gasteiger partial charge in [0.2, 0.25) is 11.8 Å². The van der Waals surface area contributed by atoms with E-state index in [1.54, 1.807) is 41.3 Å². The van der Waals surface area contributed by atoms with E-state index >= 15 is 0 Å². The van der Waals surface area contributed by atoms with Crippen molar-refractivity contribution in [2.24, 2.45) is 0 Å². The second-order valence-corrected chi connectivity index (χ2v) is 8.98. The molecule has 0 radical (unpaired) electrons. The molecule has 3 aliphatic rings. The van der Waals surface area contributed by atoms with Gasteiger partial charge in [-0.3, -0.25) is 4.79 Å². The SMILES string of the molecule is O=C1O[C@]2(CCN(C(=O)C3(c4ccc(-c5nnc(C(F)(F)F)o5)cc4)CC3)C2)c2ccccc21. The Morgan fingerprint density at radius 2 is 1.74 bits per heavy atom. The average molecular weight is 469 g/mol. The monoisotopic (exact) mass is 469 g/mol. The lowest BCUT2D eigenvalue weighted by atomic mass is 9.91. The summed E-state index contributed by atoms with van der Waals surface area (Å²) >= 11 is 0. The zero-order valence-electron chi connectivity index (χ0n) is 17.8. The summed E-state index contributed by atoms with van der Waals surface area (Å²) in [6, 6.07) is 13.9. The van der Waals surface area contributed by atoms with Gasteiger partial charge in [-0.15, -0.1) is 10.2 Å². The highest BCUT2D eigenvalue weighted by Crippen LogP contribution is 2.52. The molecule has 1 amide bonds. The van der Waals surface area contributed by atoms with E-state index in [0.717, 1.165) is 11.1 Å². The molecule has 1 aromatic heterocycles. The molecule has 3 heterocycles. The molecule has 10 heteroatoms. The van der Waals surface area contributed by atoms with E-state index in [4.69, 9.17) is 9.15 Å². The predicted molar refractivity (Wildman–Crippen MR) is 110 cm³/mol. The van der Waals surface area contributed by atoms with Crippen LogP contribution < -0.4 is 0 Å². The van der Waals surface area contributed by atoms with Gasteiger partial charge in [-0.2, -0.15) is 13.2 Å². The normalized spacial score (nSPS) is 22.7. The van der Waals surface area contributed by atoms with Gasteiger partial charge in [0.25, 0.3) is 0 Å². The van der Waals surface area contributed by atoms with Crippen molar-refractivity contribution >= 4 is 11.9 Å². The Hall–Kier alpha value is -3.69. The molecule has 1 saturated carbocycles. The number of alkyl halides is 3. The van der Waals surface area contributed by atoms with Crippen LogP contribution in [-0.4, -0.2) is 40.1 Å². The zero-order valence-corrected chi connectivity index (χ0v) is 17.8. The van der Waals surface area contributed by atoms with Crippen LogP contribution in [0.5, 0.6) is 0 Å². The number of carbonyl (C=O) groups is 2. The third-order valence-electron chi connectivity index (χ3n) is 6.96. The van der Waals surface area contributed by atoms with Crippen molar-refractivity contribution in [3.63, 3.8) is 0 Å². The number of nitrogens with zero attached hydrogens (tertiary/aromatic N) is 3.